The molecule has 0 radical (unpaired) electrons. The third kappa shape index (κ3) is 4.05. The number of hydrogen-bond donors (Lipinski definition) is 1. The molecule has 1 aliphatic heterocycles. The van der Waals surface area contributed by atoms with Crippen molar-refractivity contribution in [2.75, 3.05) is 19.6 Å². The van der Waals surface area contributed by atoms with Crippen LogP contribution >= 0.6 is 11.3 Å². The summed E-state index contributed by atoms with van der Waals surface area (Å²) in [6, 6.07) is 4.51. The smallest absolute Gasteiger partial charge is 0.0678 e. The van der Waals surface area contributed by atoms with Crippen molar-refractivity contribution >= 4 is 11.3 Å². The van der Waals surface area contributed by atoms with Crippen LogP contribution in [0.3, 0.4) is 0 Å². The first kappa shape index (κ1) is 14.0. The van der Waals surface area contributed by atoms with E-state index in [0.29, 0.717) is 12.2 Å². The number of ether oxygens (including phenoxy) is 1. The van der Waals surface area contributed by atoms with Crippen molar-refractivity contribution in [1.29, 1.82) is 0 Å². The zero-order valence-electron chi connectivity index (χ0n) is 11.6. The molecule has 0 aromatic carbocycles. The van der Waals surface area contributed by atoms with Crippen LogP contribution in [0.1, 0.15) is 30.5 Å². The van der Waals surface area contributed by atoms with Crippen LogP contribution in [0.5, 0.6) is 0 Å². The molecule has 1 aromatic rings. The molecule has 2 rings (SSSR count). The van der Waals surface area contributed by atoms with Gasteiger partial charge in [-0.2, -0.15) is 0 Å². The summed E-state index contributed by atoms with van der Waals surface area (Å²) in [5, 5.41) is 3.37. The van der Waals surface area contributed by atoms with E-state index >= 15 is 0 Å². The minimum atomic E-state index is 0.356. The Morgan fingerprint density at radius 2 is 1.94 bits per heavy atom. The van der Waals surface area contributed by atoms with E-state index < -0.39 is 0 Å². The van der Waals surface area contributed by atoms with Crippen LogP contribution in [0.4, 0.5) is 0 Å². The van der Waals surface area contributed by atoms with E-state index in [1.165, 1.54) is 9.75 Å². The van der Waals surface area contributed by atoms with Crippen LogP contribution in [0.25, 0.3) is 0 Å². The van der Waals surface area contributed by atoms with E-state index in [-0.39, 0.29) is 0 Å². The summed E-state index contributed by atoms with van der Waals surface area (Å²) >= 11 is 1.92. The van der Waals surface area contributed by atoms with Gasteiger partial charge in [-0.3, -0.25) is 4.90 Å². The van der Waals surface area contributed by atoms with Gasteiger partial charge in [0.05, 0.1) is 12.2 Å². The second-order valence-corrected chi connectivity index (χ2v) is 6.35. The fourth-order valence-electron chi connectivity index (χ4n) is 2.48. The summed E-state index contributed by atoms with van der Waals surface area (Å²) < 4.78 is 5.76. The molecule has 0 bridgehead atoms. The maximum atomic E-state index is 5.76. The summed E-state index contributed by atoms with van der Waals surface area (Å²) in [4.78, 5) is 5.40. The van der Waals surface area contributed by atoms with Crippen molar-refractivity contribution in [3.05, 3.63) is 21.9 Å². The van der Waals surface area contributed by atoms with Crippen molar-refractivity contribution in [3.63, 3.8) is 0 Å². The zero-order chi connectivity index (χ0) is 13.0. The lowest BCUT2D eigenvalue weighted by Crippen LogP contribution is -2.44. The molecule has 1 saturated heterocycles. The maximum absolute atomic E-state index is 5.76. The Hall–Kier alpha value is -0.420. The van der Waals surface area contributed by atoms with E-state index in [9.17, 15) is 0 Å². The molecule has 1 aromatic heterocycles. The van der Waals surface area contributed by atoms with Gasteiger partial charge in [-0.25, -0.2) is 0 Å². The number of thiophene rings is 1. The van der Waals surface area contributed by atoms with Gasteiger partial charge in [-0.05, 0) is 32.5 Å². The number of hydrogen-bond acceptors (Lipinski definition) is 4. The van der Waals surface area contributed by atoms with E-state index in [1.54, 1.807) is 0 Å². The highest BCUT2D eigenvalue weighted by atomic mass is 32.1. The molecular formula is C14H24N2OS. The lowest BCUT2D eigenvalue weighted by Gasteiger charge is -2.34. The van der Waals surface area contributed by atoms with Crippen molar-refractivity contribution in [1.82, 2.24) is 10.2 Å². The summed E-state index contributed by atoms with van der Waals surface area (Å²) in [5.41, 5.74) is 0. The maximum Gasteiger partial charge on any atom is 0.0678 e. The van der Waals surface area contributed by atoms with Gasteiger partial charge in [0.1, 0.15) is 0 Å². The van der Waals surface area contributed by atoms with Gasteiger partial charge in [0.25, 0.3) is 0 Å². The first-order chi connectivity index (χ1) is 8.67. The molecule has 1 fully saturated rings. The molecule has 0 aliphatic carbocycles. The summed E-state index contributed by atoms with van der Waals surface area (Å²) in [7, 11) is 0. The molecule has 0 spiro atoms. The lowest BCUT2D eigenvalue weighted by atomic mass is 10.2. The molecule has 102 valence electrons. The minimum absolute atomic E-state index is 0.356. The van der Waals surface area contributed by atoms with Crippen molar-refractivity contribution in [2.45, 2.75) is 46.1 Å². The standard InChI is InChI=1S/C14H24N2OS/c1-4-15-7-13-5-6-14(18-13)10-16-8-11(2)17-12(3)9-16/h5-6,11-12,15H,4,7-10H2,1-3H3/t11-,12+. The van der Waals surface area contributed by atoms with E-state index in [2.05, 4.69) is 43.1 Å². The summed E-state index contributed by atoms with van der Waals surface area (Å²) in [6.07, 6.45) is 0.713. The van der Waals surface area contributed by atoms with E-state index in [1.807, 2.05) is 11.3 Å². The molecule has 0 unspecified atom stereocenters. The number of morpholine rings is 1. The second kappa shape index (κ2) is 6.66. The fourth-order valence-corrected chi connectivity index (χ4v) is 3.51. The molecule has 1 aliphatic rings. The first-order valence-electron chi connectivity index (χ1n) is 6.83. The molecule has 0 amide bonds. The third-order valence-corrected chi connectivity index (χ3v) is 4.21. The van der Waals surface area contributed by atoms with Gasteiger partial charge in [-0.15, -0.1) is 11.3 Å². The molecule has 1 N–H and O–H groups in total. The first-order valence-corrected chi connectivity index (χ1v) is 7.65. The molecular weight excluding hydrogens is 244 g/mol. The Balaban J connectivity index is 1.86. The Bertz CT molecular complexity index is 356. The van der Waals surface area contributed by atoms with Crippen LogP contribution < -0.4 is 5.32 Å². The SMILES string of the molecule is CCNCc1ccc(CN2C[C@@H](C)O[C@@H](C)C2)s1. The van der Waals surface area contributed by atoms with Crippen molar-refractivity contribution < 1.29 is 4.74 Å². The quantitative estimate of drug-likeness (QED) is 0.888. The average Bonchev–Trinajstić information content (AvgIpc) is 2.72. The summed E-state index contributed by atoms with van der Waals surface area (Å²) in [5.74, 6) is 0. The normalized spacial score (nSPS) is 25.5. The third-order valence-electron chi connectivity index (χ3n) is 3.14. The molecule has 4 heteroatoms. The van der Waals surface area contributed by atoms with Gasteiger partial charge >= 0.3 is 0 Å². The van der Waals surface area contributed by atoms with Gasteiger partial charge in [0, 0.05) is 35.9 Å². The van der Waals surface area contributed by atoms with E-state index in [0.717, 1.165) is 32.7 Å². The number of rotatable bonds is 5. The van der Waals surface area contributed by atoms with Crippen molar-refractivity contribution in [2.24, 2.45) is 0 Å². The molecule has 2 heterocycles. The molecule has 2 atom stereocenters. The van der Waals surface area contributed by atoms with Gasteiger partial charge < -0.3 is 10.1 Å². The molecule has 0 saturated carbocycles. The fraction of sp³-hybridized carbons (Fsp3) is 0.714. The lowest BCUT2D eigenvalue weighted by molar-refractivity contribution is -0.0702. The number of nitrogens with zero attached hydrogens (tertiary/aromatic N) is 1. The Labute approximate surface area is 114 Å². The number of nitrogens with one attached hydrogen (secondary N) is 1. The predicted molar refractivity (Wildman–Crippen MR) is 77.0 cm³/mol. The highest BCUT2D eigenvalue weighted by Gasteiger charge is 2.22. The molecule has 3 nitrogen and oxygen atoms in total. The van der Waals surface area contributed by atoms with Gasteiger partial charge in [0.2, 0.25) is 0 Å². The Morgan fingerprint density at radius 1 is 1.28 bits per heavy atom. The average molecular weight is 268 g/mol. The molecule has 18 heavy (non-hydrogen) atoms. The van der Waals surface area contributed by atoms with Gasteiger partial charge in [-0.1, -0.05) is 6.92 Å². The highest BCUT2D eigenvalue weighted by Crippen LogP contribution is 2.20. The summed E-state index contributed by atoms with van der Waals surface area (Å²) in [6.45, 7) is 11.7. The van der Waals surface area contributed by atoms with Crippen LogP contribution in [0, 0.1) is 0 Å². The highest BCUT2D eigenvalue weighted by molar-refractivity contribution is 7.11. The zero-order valence-corrected chi connectivity index (χ0v) is 12.4. The van der Waals surface area contributed by atoms with Crippen LogP contribution in [-0.4, -0.2) is 36.7 Å². The Morgan fingerprint density at radius 3 is 2.61 bits per heavy atom. The van der Waals surface area contributed by atoms with Crippen molar-refractivity contribution in [3.8, 4) is 0 Å². The topological polar surface area (TPSA) is 24.5 Å². The van der Waals surface area contributed by atoms with Gasteiger partial charge in [0.15, 0.2) is 0 Å². The largest absolute Gasteiger partial charge is 0.373 e. The second-order valence-electron chi connectivity index (χ2n) is 5.10. The van der Waals surface area contributed by atoms with Crippen LogP contribution in [0.15, 0.2) is 12.1 Å². The van der Waals surface area contributed by atoms with E-state index in [4.69, 9.17) is 4.74 Å². The minimum Gasteiger partial charge on any atom is -0.373 e. The van der Waals surface area contributed by atoms with Crippen LogP contribution in [0.2, 0.25) is 0 Å². The van der Waals surface area contributed by atoms with Crippen LogP contribution in [-0.2, 0) is 17.8 Å². The predicted octanol–water partition coefficient (Wildman–Crippen LogP) is 2.47. The Kier molecular flexibility index (Phi) is 5.18. The monoisotopic (exact) mass is 268 g/mol.